The van der Waals surface area contributed by atoms with Crippen molar-refractivity contribution in [3.63, 3.8) is 0 Å². The summed E-state index contributed by atoms with van der Waals surface area (Å²) in [5.41, 5.74) is 3.38. The van der Waals surface area contributed by atoms with Crippen molar-refractivity contribution in [2.45, 2.75) is 31.6 Å². The van der Waals surface area contributed by atoms with Crippen molar-refractivity contribution in [3.05, 3.63) is 137 Å². The van der Waals surface area contributed by atoms with Gasteiger partial charge in [-0.25, -0.2) is 4.39 Å². The molecule has 39 heavy (non-hydrogen) atoms. The standard InChI is InChI=1S/C31H25F4N3O/c32-25-11-5-22(6-12-25)19-38-20-28(26-3-1-2-4-29(26)38)27(23-7-9-24(10-8-23)31(33,34)35)17-30(39)37-18-21-13-15-36-16-14-21/h1-16,20,27H,17-19H2,(H,37,39). The molecular formula is C31H25F4N3O. The summed E-state index contributed by atoms with van der Waals surface area (Å²) < 4.78 is 55.3. The molecule has 0 saturated heterocycles. The Morgan fingerprint density at radius 2 is 1.56 bits per heavy atom. The van der Waals surface area contributed by atoms with Crippen molar-refractivity contribution in [1.29, 1.82) is 0 Å². The van der Waals surface area contributed by atoms with E-state index in [2.05, 4.69) is 10.3 Å². The summed E-state index contributed by atoms with van der Waals surface area (Å²) in [7, 11) is 0. The lowest BCUT2D eigenvalue weighted by molar-refractivity contribution is -0.137. The van der Waals surface area contributed by atoms with E-state index in [1.165, 1.54) is 24.3 Å². The fraction of sp³-hybridized carbons (Fsp3) is 0.161. The van der Waals surface area contributed by atoms with Crippen molar-refractivity contribution >= 4 is 16.8 Å². The van der Waals surface area contributed by atoms with Gasteiger partial charge in [0.2, 0.25) is 5.91 Å². The van der Waals surface area contributed by atoms with Gasteiger partial charge in [-0.15, -0.1) is 0 Å². The third-order valence-electron chi connectivity index (χ3n) is 6.73. The Balaban J connectivity index is 1.51. The smallest absolute Gasteiger partial charge is 0.352 e. The molecule has 2 aromatic heterocycles. The first-order valence-corrected chi connectivity index (χ1v) is 12.4. The number of nitrogens with zero attached hydrogens (tertiary/aromatic N) is 2. The third kappa shape index (κ3) is 6.17. The molecule has 0 fully saturated rings. The molecule has 5 aromatic rings. The Bertz CT molecular complexity index is 1560. The van der Waals surface area contributed by atoms with Gasteiger partial charge in [0.1, 0.15) is 5.82 Å². The lowest BCUT2D eigenvalue weighted by Crippen LogP contribution is -2.25. The van der Waals surface area contributed by atoms with Crippen molar-refractivity contribution in [3.8, 4) is 0 Å². The number of carbonyl (C=O) groups excluding carboxylic acids is 1. The van der Waals surface area contributed by atoms with Crippen molar-refractivity contribution in [2.75, 3.05) is 0 Å². The molecule has 1 atom stereocenters. The van der Waals surface area contributed by atoms with E-state index in [0.717, 1.165) is 39.7 Å². The molecule has 0 saturated carbocycles. The van der Waals surface area contributed by atoms with E-state index >= 15 is 0 Å². The van der Waals surface area contributed by atoms with Crippen molar-refractivity contribution in [2.24, 2.45) is 0 Å². The van der Waals surface area contributed by atoms with Crippen LogP contribution >= 0.6 is 0 Å². The molecule has 0 bridgehead atoms. The lowest BCUT2D eigenvalue weighted by Gasteiger charge is -2.18. The van der Waals surface area contributed by atoms with Gasteiger partial charge in [0, 0.05) is 54.9 Å². The summed E-state index contributed by atoms with van der Waals surface area (Å²) in [4.78, 5) is 17.1. The van der Waals surface area contributed by atoms with Crippen molar-refractivity contribution in [1.82, 2.24) is 14.9 Å². The Hall–Kier alpha value is -4.46. The van der Waals surface area contributed by atoms with Crippen LogP contribution in [0.4, 0.5) is 17.6 Å². The highest BCUT2D eigenvalue weighted by Gasteiger charge is 2.31. The maximum atomic E-state index is 13.5. The molecular weight excluding hydrogens is 506 g/mol. The largest absolute Gasteiger partial charge is 0.416 e. The SMILES string of the molecule is O=C(CC(c1ccc(C(F)(F)F)cc1)c1cn(Cc2ccc(F)cc2)c2ccccc12)NCc1ccncc1. The summed E-state index contributed by atoms with van der Waals surface area (Å²) in [6.45, 7) is 0.780. The number of hydrogen-bond donors (Lipinski definition) is 1. The van der Waals surface area contributed by atoms with Gasteiger partial charge in [-0.05, 0) is 64.7 Å². The normalized spacial score (nSPS) is 12.4. The van der Waals surface area contributed by atoms with Crippen LogP contribution in [0.1, 0.15) is 40.2 Å². The van der Waals surface area contributed by atoms with Crippen LogP contribution in [-0.2, 0) is 24.1 Å². The number of pyridine rings is 1. The average Bonchev–Trinajstić information content (AvgIpc) is 3.30. The first-order valence-electron chi connectivity index (χ1n) is 12.4. The molecule has 198 valence electrons. The van der Waals surface area contributed by atoms with Crippen molar-refractivity contribution < 1.29 is 22.4 Å². The Morgan fingerprint density at radius 3 is 2.26 bits per heavy atom. The van der Waals surface area contributed by atoms with E-state index in [1.54, 1.807) is 36.7 Å². The van der Waals surface area contributed by atoms with E-state index < -0.39 is 17.7 Å². The summed E-state index contributed by atoms with van der Waals surface area (Å²) in [6.07, 6.45) is 0.805. The number of hydrogen-bond acceptors (Lipinski definition) is 2. The van der Waals surface area contributed by atoms with E-state index in [9.17, 15) is 22.4 Å². The summed E-state index contributed by atoms with van der Waals surface area (Å²) >= 11 is 0. The summed E-state index contributed by atoms with van der Waals surface area (Å²) in [5, 5.41) is 3.81. The number of benzene rings is 3. The molecule has 1 N–H and O–H groups in total. The van der Waals surface area contributed by atoms with Crippen LogP contribution in [0.3, 0.4) is 0 Å². The molecule has 8 heteroatoms. The van der Waals surface area contributed by atoms with Gasteiger partial charge in [-0.2, -0.15) is 13.2 Å². The second kappa shape index (κ2) is 11.1. The summed E-state index contributed by atoms with van der Waals surface area (Å²) in [6, 6.07) is 22.5. The van der Waals surface area contributed by atoms with Crippen LogP contribution in [-0.4, -0.2) is 15.5 Å². The van der Waals surface area contributed by atoms with Crippen LogP contribution in [0.25, 0.3) is 10.9 Å². The summed E-state index contributed by atoms with van der Waals surface area (Å²) in [5.74, 6) is -1.05. The molecule has 1 unspecified atom stereocenters. The van der Waals surface area contributed by atoms with Gasteiger partial charge in [0.15, 0.2) is 0 Å². The average molecular weight is 532 g/mol. The predicted molar refractivity (Wildman–Crippen MR) is 141 cm³/mol. The van der Waals surface area contributed by atoms with Crippen LogP contribution in [0, 0.1) is 5.82 Å². The first-order chi connectivity index (χ1) is 18.8. The van der Waals surface area contributed by atoms with Crippen LogP contribution in [0.15, 0.2) is 104 Å². The number of amides is 1. The van der Waals surface area contributed by atoms with Crippen LogP contribution in [0.2, 0.25) is 0 Å². The minimum atomic E-state index is -4.46. The second-order valence-electron chi connectivity index (χ2n) is 9.36. The number of para-hydroxylation sites is 1. The van der Waals surface area contributed by atoms with Crippen LogP contribution < -0.4 is 5.32 Å². The number of rotatable bonds is 8. The Labute approximate surface area is 222 Å². The monoisotopic (exact) mass is 531 g/mol. The zero-order chi connectivity index (χ0) is 27.4. The molecule has 4 nitrogen and oxygen atoms in total. The lowest BCUT2D eigenvalue weighted by atomic mass is 9.87. The first kappa shape index (κ1) is 26.2. The molecule has 0 aliphatic rings. The minimum Gasteiger partial charge on any atom is -0.352 e. The molecule has 2 heterocycles. The second-order valence-corrected chi connectivity index (χ2v) is 9.36. The maximum Gasteiger partial charge on any atom is 0.416 e. The molecule has 0 aliphatic carbocycles. The predicted octanol–water partition coefficient (Wildman–Crippen LogP) is 7.08. The number of fused-ring (bicyclic) bond motifs is 1. The topological polar surface area (TPSA) is 46.9 Å². The van der Waals surface area contributed by atoms with E-state index in [0.29, 0.717) is 18.7 Å². The minimum absolute atomic E-state index is 0.0427. The maximum absolute atomic E-state index is 13.5. The molecule has 3 aromatic carbocycles. The fourth-order valence-corrected chi connectivity index (χ4v) is 4.74. The van der Waals surface area contributed by atoms with Gasteiger partial charge in [0.05, 0.1) is 5.56 Å². The number of aromatic nitrogens is 2. The van der Waals surface area contributed by atoms with Crippen LogP contribution in [0.5, 0.6) is 0 Å². The van der Waals surface area contributed by atoms with Gasteiger partial charge in [-0.3, -0.25) is 9.78 Å². The highest BCUT2D eigenvalue weighted by molar-refractivity contribution is 5.86. The molecule has 5 rings (SSSR count). The van der Waals surface area contributed by atoms with Gasteiger partial charge in [0.25, 0.3) is 0 Å². The Morgan fingerprint density at radius 1 is 0.872 bits per heavy atom. The molecule has 1 amide bonds. The molecule has 0 aliphatic heterocycles. The quantitative estimate of drug-likeness (QED) is 0.218. The van der Waals surface area contributed by atoms with E-state index in [1.807, 2.05) is 35.0 Å². The van der Waals surface area contributed by atoms with Gasteiger partial charge in [-0.1, -0.05) is 42.5 Å². The van der Waals surface area contributed by atoms with E-state index in [-0.39, 0.29) is 18.1 Å². The fourth-order valence-electron chi connectivity index (χ4n) is 4.74. The van der Waals surface area contributed by atoms with E-state index in [4.69, 9.17) is 0 Å². The zero-order valence-electron chi connectivity index (χ0n) is 20.8. The van der Waals surface area contributed by atoms with Gasteiger partial charge >= 0.3 is 6.18 Å². The van der Waals surface area contributed by atoms with Gasteiger partial charge < -0.3 is 9.88 Å². The third-order valence-corrected chi connectivity index (χ3v) is 6.73. The highest BCUT2D eigenvalue weighted by atomic mass is 19.4. The molecule has 0 radical (unpaired) electrons. The number of halogens is 4. The Kier molecular flexibility index (Phi) is 7.45. The number of nitrogens with one attached hydrogen (secondary N) is 1. The molecule has 0 spiro atoms. The number of carbonyl (C=O) groups is 1. The number of alkyl halides is 3. The zero-order valence-corrected chi connectivity index (χ0v) is 20.8. The highest BCUT2D eigenvalue weighted by Crippen LogP contribution is 2.37.